The molecule has 3 unspecified atom stereocenters. The van der Waals surface area contributed by atoms with Gasteiger partial charge in [0.25, 0.3) is 0 Å². The normalized spacial score (nSPS) is 23.9. The molecule has 0 spiro atoms. The summed E-state index contributed by atoms with van der Waals surface area (Å²) in [6.07, 6.45) is 5.52. The zero-order valence-corrected chi connectivity index (χ0v) is 12.0. The second-order valence-corrected chi connectivity index (χ2v) is 5.40. The Balaban J connectivity index is 1.91. The molecule has 1 aromatic rings. The predicted octanol–water partition coefficient (Wildman–Crippen LogP) is 1.20. The van der Waals surface area contributed by atoms with Crippen molar-refractivity contribution in [2.24, 2.45) is 5.92 Å². The fourth-order valence-corrected chi connectivity index (χ4v) is 2.67. The second kappa shape index (κ2) is 7.05. The van der Waals surface area contributed by atoms with Crippen LogP contribution in [0.3, 0.4) is 0 Å². The molecule has 0 aliphatic heterocycles. The summed E-state index contributed by atoms with van der Waals surface area (Å²) in [7, 11) is 0. The Morgan fingerprint density at radius 2 is 2.14 bits per heavy atom. The van der Waals surface area contributed by atoms with Gasteiger partial charge in [0.15, 0.2) is 0 Å². The average molecular weight is 295 g/mol. The lowest BCUT2D eigenvalue weighted by Gasteiger charge is -2.23. The summed E-state index contributed by atoms with van der Waals surface area (Å²) in [6.45, 7) is 1.78. The van der Waals surface area contributed by atoms with Crippen LogP contribution in [0.2, 0.25) is 0 Å². The summed E-state index contributed by atoms with van der Waals surface area (Å²) in [5.41, 5.74) is 0. The van der Waals surface area contributed by atoms with E-state index in [1.54, 1.807) is 6.92 Å². The molecule has 1 fully saturated rings. The molecule has 0 saturated heterocycles. The molecule has 8 nitrogen and oxygen atoms in total. The standard InChI is InChI=1S/C13H21N5O3/c1-8(11-14-7-15-18-11)16-13(21)17-10-6-4-2-3-5-9(10)12(19)20/h7-10H,2-6H2,1H3,(H,19,20)(H,14,15,18)(H2,16,17,21). The number of nitrogens with zero attached hydrogens (tertiary/aromatic N) is 2. The monoisotopic (exact) mass is 295 g/mol. The molecule has 1 aliphatic rings. The summed E-state index contributed by atoms with van der Waals surface area (Å²) in [4.78, 5) is 27.3. The van der Waals surface area contributed by atoms with E-state index in [-0.39, 0.29) is 18.1 Å². The first-order chi connectivity index (χ1) is 10.1. The number of rotatable bonds is 4. The summed E-state index contributed by atoms with van der Waals surface area (Å²) >= 11 is 0. The molecule has 21 heavy (non-hydrogen) atoms. The van der Waals surface area contributed by atoms with E-state index in [4.69, 9.17) is 0 Å². The lowest BCUT2D eigenvalue weighted by atomic mass is 9.95. The number of carbonyl (C=O) groups is 2. The highest BCUT2D eigenvalue weighted by molar-refractivity contribution is 5.77. The maximum Gasteiger partial charge on any atom is 0.315 e. The maximum absolute atomic E-state index is 12.0. The van der Waals surface area contributed by atoms with Crippen molar-refractivity contribution in [3.05, 3.63) is 12.2 Å². The van der Waals surface area contributed by atoms with Gasteiger partial charge in [-0.15, -0.1) is 0 Å². The fourth-order valence-electron chi connectivity index (χ4n) is 2.67. The third kappa shape index (κ3) is 4.17. The molecule has 0 bridgehead atoms. The first-order valence-electron chi connectivity index (χ1n) is 7.23. The van der Waals surface area contributed by atoms with Crippen molar-refractivity contribution < 1.29 is 14.7 Å². The van der Waals surface area contributed by atoms with Gasteiger partial charge in [-0.1, -0.05) is 19.3 Å². The number of hydrogen-bond donors (Lipinski definition) is 4. The van der Waals surface area contributed by atoms with Crippen LogP contribution in [0.5, 0.6) is 0 Å². The Morgan fingerprint density at radius 1 is 1.38 bits per heavy atom. The Labute approximate surface area is 122 Å². The second-order valence-electron chi connectivity index (χ2n) is 5.40. The molecule has 1 heterocycles. The molecular weight excluding hydrogens is 274 g/mol. The number of carbonyl (C=O) groups excluding carboxylic acids is 1. The van der Waals surface area contributed by atoms with Crippen molar-refractivity contribution in [2.75, 3.05) is 0 Å². The van der Waals surface area contributed by atoms with Crippen molar-refractivity contribution in [1.29, 1.82) is 0 Å². The highest BCUT2D eigenvalue weighted by Gasteiger charge is 2.30. The van der Waals surface area contributed by atoms with Gasteiger partial charge in [0.1, 0.15) is 12.2 Å². The van der Waals surface area contributed by atoms with Crippen LogP contribution in [0, 0.1) is 5.92 Å². The smallest absolute Gasteiger partial charge is 0.315 e. The van der Waals surface area contributed by atoms with Crippen LogP contribution in [-0.4, -0.2) is 38.3 Å². The van der Waals surface area contributed by atoms with Crippen molar-refractivity contribution in [3.8, 4) is 0 Å². The van der Waals surface area contributed by atoms with Crippen LogP contribution in [0.1, 0.15) is 50.9 Å². The number of urea groups is 1. The van der Waals surface area contributed by atoms with Gasteiger partial charge >= 0.3 is 12.0 Å². The molecule has 8 heteroatoms. The third-order valence-corrected chi connectivity index (χ3v) is 3.84. The van der Waals surface area contributed by atoms with E-state index in [2.05, 4.69) is 25.8 Å². The Hall–Kier alpha value is -2.12. The highest BCUT2D eigenvalue weighted by atomic mass is 16.4. The third-order valence-electron chi connectivity index (χ3n) is 3.84. The number of aromatic nitrogens is 3. The molecule has 2 rings (SSSR count). The predicted molar refractivity (Wildman–Crippen MR) is 74.5 cm³/mol. The van der Waals surface area contributed by atoms with Crippen LogP contribution in [0.25, 0.3) is 0 Å². The van der Waals surface area contributed by atoms with Gasteiger partial charge in [-0.2, -0.15) is 5.10 Å². The van der Waals surface area contributed by atoms with Crippen LogP contribution in [-0.2, 0) is 4.79 Å². The number of aromatic amines is 1. The molecule has 0 radical (unpaired) electrons. The molecule has 1 aliphatic carbocycles. The minimum atomic E-state index is -0.842. The minimum Gasteiger partial charge on any atom is -0.481 e. The molecule has 2 amide bonds. The summed E-state index contributed by atoms with van der Waals surface area (Å²) in [5, 5.41) is 21.2. The van der Waals surface area contributed by atoms with Gasteiger partial charge in [-0.05, 0) is 19.8 Å². The van der Waals surface area contributed by atoms with E-state index >= 15 is 0 Å². The minimum absolute atomic E-state index is 0.318. The number of nitrogens with one attached hydrogen (secondary N) is 3. The van der Waals surface area contributed by atoms with E-state index in [1.807, 2.05) is 0 Å². The number of carboxylic acid groups (broad SMARTS) is 1. The Kier molecular flexibility index (Phi) is 5.13. The largest absolute Gasteiger partial charge is 0.481 e. The van der Waals surface area contributed by atoms with E-state index in [9.17, 15) is 14.7 Å². The zero-order valence-electron chi connectivity index (χ0n) is 12.0. The summed E-state index contributed by atoms with van der Waals surface area (Å²) < 4.78 is 0. The lowest BCUT2D eigenvalue weighted by Crippen LogP contribution is -2.47. The quantitative estimate of drug-likeness (QED) is 0.622. The van der Waals surface area contributed by atoms with Crippen molar-refractivity contribution in [1.82, 2.24) is 25.8 Å². The number of aliphatic carboxylic acids is 1. The first-order valence-corrected chi connectivity index (χ1v) is 7.23. The SMILES string of the molecule is CC(NC(=O)NC1CCCCCC1C(=O)O)c1ncn[nH]1. The molecule has 1 aromatic heterocycles. The molecule has 0 aromatic carbocycles. The van der Waals surface area contributed by atoms with Gasteiger partial charge < -0.3 is 15.7 Å². The van der Waals surface area contributed by atoms with Crippen LogP contribution in [0.15, 0.2) is 6.33 Å². The van der Waals surface area contributed by atoms with Crippen molar-refractivity contribution in [3.63, 3.8) is 0 Å². The maximum atomic E-state index is 12.0. The van der Waals surface area contributed by atoms with Gasteiger partial charge in [0, 0.05) is 6.04 Å². The molecule has 116 valence electrons. The molecule has 3 atom stereocenters. The van der Waals surface area contributed by atoms with E-state index < -0.39 is 11.9 Å². The van der Waals surface area contributed by atoms with Crippen molar-refractivity contribution >= 4 is 12.0 Å². The van der Waals surface area contributed by atoms with Gasteiger partial charge in [-0.25, -0.2) is 9.78 Å². The zero-order chi connectivity index (χ0) is 15.2. The van der Waals surface area contributed by atoms with Crippen LogP contribution >= 0.6 is 0 Å². The number of amides is 2. The lowest BCUT2D eigenvalue weighted by molar-refractivity contribution is -0.142. The topological polar surface area (TPSA) is 120 Å². The number of carboxylic acids is 1. The highest BCUT2D eigenvalue weighted by Crippen LogP contribution is 2.23. The number of H-pyrrole nitrogens is 1. The van der Waals surface area contributed by atoms with Crippen LogP contribution < -0.4 is 10.6 Å². The summed E-state index contributed by atoms with van der Waals surface area (Å²) in [6, 6.07) is -1.02. The van der Waals surface area contributed by atoms with Crippen molar-refractivity contribution in [2.45, 2.75) is 51.1 Å². The Bertz CT molecular complexity index is 476. The Morgan fingerprint density at radius 3 is 2.81 bits per heavy atom. The van der Waals surface area contributed by atoms with E-state index in [0.29, 0.717) is 18.7 Å². The van der Waals surface area contributed by atoms with Gasteiger partial charge in [0.05, 0.1) is 12.0 Å². The van der Waals surface area contributed by atoms with Crippen LogP contribution in [0.4, 0.5) is 4.79 Å². The average Bonchev–Trinajstić information content (AvgIpc) is 2.86. The number of hydrogen-bond acceptors (Lipinski definition) is 4. The first kappa shape index (κ1) is 15.3. The summed E-state index contributed by atoms with van der Waals surface area (Å²) in [5.74, 6) is -0.801. The fraction of sp³-hybridized carbons (Fsp3) is 0.692. The van der Waals surface area contributed by atoms with E-state index in [0.717, 1.165) is 19.3 Å². The van der Waals surface area contributed by atoms with Gasteiger partial charge in [0.2, 0.25) is 0 Å². The molecule has 1 saturated carbocycles. The molecule has 4 N–H and O–H groups in total. The van der Waals surface area contributed by atoms with Gasteiger partial charge in [-0.3, -0.25) is 9.89 Å². The molecular formula is C13H21N5O3. The van der Waals surface area contributed by atoms with E-state index in [1.165, 1.54) is 6.33 Å².